The lowest BCUT2D eigenvalue weighted by atomic mass is 10.0. The number of fused-ring (bicyclic) bond motifs is 1. The van der Waals surface area contributed by atoms with Crippen molar-refractivity contribution in [2.24, 2.45) is 5.92 Å². The average Bonchev–Trinajstić information content (AvgIpc) is 3.32. The lowest BCUT2D eigenvalue weighted by molar-refractivity contribution is -0.119. The van der Waals surface area contributed by atoms with Crippen molar-refractivity contribution < 1.29 is 18.7 Å². The Morgan fingerprint density at radius 3 is 2.74 bits per heavy atom. The molecule has 0 radical (unpaired) electrons. The van der Waals surface area contributed by atoms with Gasteiger partial charge in [0.2, 0.25) is 5.91 Å². The lowest BCUT2D eigenvalue weighted by Crippen LogP contribution is -2.25. The predicted molar refractivity (Wildman–Crippen MR) is 135 cm³/mol. The van der Waals surface area contributed by atoms with Gasteiger partial charge in [-0.2, -0.15) is 0 Å². The molecule has 8 heteroatoms. The molecule has 1 unspecified atom stereocenters. The van der Waals surface area contributed by atoms with Gasteiger partial charge in [-0.1, -0.05) is 18.2 Å². The van der Waals surface area contributed by atoms with Gasteiger partial charge in [0.1, 0.15) is 5.82 Å². The van der Waals surface area contributed by atoms with Crippen molar-refractivity contribution in [3.8, 4) is 0 Å². The van der Waals surface area contributed by atoms with Gasteiger partial charge < -0.3 is 15.4 Å². The molecule has 0 saturated carbocycles. The van der Waals surface area contributed by atoms with Gasteiger partial charge in [-0.15, -0.1) is 0 Å². The molecule has 1 heterocycles. The van der Waals surface area contributed by atoms with Crippen LogP contribution in [0.4, 0.5) is 15.8 Å². The second-order valence-electron chi connectivity index (χ2n) is 8.23. The Hall–Kier alpha value is -2.94. The van der Waals surface area contributed by atoms with Crippen LogP contribution >= 0.6 is 11.9 Å². The van der Waals surface area contributed by atoms with Gasteiger partial charge in [-0.05, 0) is 61.2 Å². The number of carbonyl (C=O) groups is 2. The van der Waals surface area contributed by atoms with Crippen molar-refractivity contribution in [2.45, 2.75) is 17.7 Å². The SMILES string of the molecule is COCCCNc1ccc(NC(=O)C2CCN(Sc3ccc(F)cc3)C2)c2cccc(C=O)c12. The number of nitrogens with one attached hydrogen (secondary N) is 2. The predicted octanol–water partition coefficient (Wildman–Crippen LogP) is 5.21. The molecule has 1 amide bonds. The van der Waals surface area contributed by atoms with Gasteiger partial charge >= 0.3 is 0 Å². The first kappa shape index (κ1) is 24.2. The molecule has 6 nitrogen and oxygen atoms in total. The summed E-state index contributed by atoms with van der Waals surface area (Å²) in [6.45, 7) is 2.76. The first-order valence-electron chi connectivity index (χ1n) is 11.3. The smallest absolute Gasteiger partial charge is 0.228 e. The molecule has 0 bridgehead atoms. The second kappa shape index (κ2) is 11.5. The lowest BCUT2D eigenvalue weighted by Gasteiger charge is -2.17. The molecule has 0 aliphatic carbocycles. The molecule has 1 fully saturated rings. The molecule has 34 heavy (non-hydrogen) atoms. The molecule has 1 atom stereocenters. The van der Waals surface area contributed by atoms with Crippen molar-refractivity contribution in [1.82, 2.24) is 4.31 Å². The molecular weight excluding hydrogens is 453 g/mol. The quantitative estimate of drug-likeness (QED) is 0.235. The standard InChI is InChI=1S/C26H28FN3O3S/c1-33-15-3-13-28-24-11-10-23(22-5-2-4-19(17-31)25(22)24)29-26(32)18-12-14-30(16-18)34-21-8-6-20(27)7-9-21/h2,4-11,17-18,28H,3,12-16H2,1H3,(H,29,32). The summed E-state index contributed by atoms with van der Waals surface area (Å²) in [6.07, 6.45) is 2.43. The molecule has 2 N–H and O–H groups in total. The summed E-state index contributed by atoms with van der Waals surface area (Å²) in [6, 6.07) is 15.7. The van der Waals surface area contributed by atoms with Crippen LogP contribution in [0.15, 0.2) is 59.5 Å². The minimum absolute atomic E-state index is 0.0409. The van der Waals surface area contributed by atoms with Crippen LogP contribution in [0, 0.1) is 11.7 Å². The van der Waals surface area contributed by atoms with E-state index in [1.54, 1.807) is 25.3 Å². The second-order valence-corrected chi connectivity index (χ2v) is 9.40. The van der Waals surface area contributed by atoms with E-state index in [9.17, 15) is 14.0 Å². The highest BCUT2D eigenvalue weighted by Gasteiger charge is 2.29. The minimum atomic E-state index is -0.260. The van der Waals surface area contributed by atoms with Crippen LogP contribution in [0.3, 0.4) is 0 Å². The molecular formula is C26H28FN3O3S. The number of ether oxygens (including phenoxy) is 1. The monoisotopic (exact) mass is 481 g/mol. The molecule has 3 aromatic rings. The third kappa shape index (κ3) is 5.75. The fourth-order valence-corrected chi connectivity index (χ4v) is 5.14. The maximum Gasteiger partial charge on any atom is 0.228 e. The molecule has 4 rings (SSSR count). The molecule has 0 spiro atoms. The Kier molecular flexibility index (Phi) is 8.16. The van der Waals surface area contributed by atoms with E-state index in [4.69, 9.17) is 4.74 Å². The number of methoxy groups -OCH3 is 1. The Balaban J connectivity index is 1.46. The highest BCUT2D eigenvalue weighted by atomic mass is 32.2. The molecule has 1 saturated heterocycles. The first-order chi connectivity index (χ1) is 16.6. The van der Waals surface area contributed by atoms with Crippen LogP contribution in [0.2, 0.25) is 0 Å². The Morgan fingerprint density at radius 1 is 1.18 bits per heavy atom. The highest BCUT2D eigenvalue weighted by molar-refractivity contribution is 7.97. The van der Waals surface area contributed by atoms with Gasteiger partial charge in [0.15, 0.2) is 6.29 Å². The summed E-state index contributed by atoms with van der Waals surface area (Å²) in [5, 5.41) is 8.09. The summed E-state index contributed by atoms with van der Waals surface area (Å²) in [4.78, 5) is 25.8. The normalized spacial score (nSPS) is 16.0. The molecule has 178 valence electrons. The van der Waals surface area contributed by atoms with Crippen molar-refractivity contribution in [3.05, 3.63) is 66.0 Å². The number of hydrogen-bond acceptors (Lipinski definition) is 6. The number of carbonyl (C=O) groups excluding carboxylic acids is 2. The number of amides is 1. The average molecular weight is 482 g/mol. The number of benzene rings is 3. The maximum absolute atomic E-state index is 13.1. The Labute approximate surface area is 203 Å². The van der Waals surface area contributed by atoms with Crippen LogP contribution in [-0.4, -0.2) is 49.8 Å². The van der Waals surface area contributed by atoms with Crippen LogP contribution in [0.5, 0.6) is 0 Å². The van der Waals surface area contributed by atoms with E-state index >= 15 is 0 Å². The van der Waals surface area contributed by atoms with Gasteiger partial charge in [0, 0.05) is 66.0 Å². The topological polar surface area (TPSA) is 70.7 Å². The van der Waals surface area contributed by atoms with E-state index in [0.717, 1.165) is 47.0 Å². The summed E-state index contributed by atoms with van der Waals surface area (Å²) < 4.78 is 20.4. The number of halogens is 1. The summed E-state index contributed by atoms with van der Waals surface area (Å²) in [5.41, 5.74) is 2.12. The van der Waals surface area contributed by atoms with Gasteiger partial charge in [-0.25, -0.2) is 8.70 Å². The molecule has 3 aromatic carbocycles. The van der Waals surface area contributed by atoms with E-state index in [0.29, 0.717) is 30.9 Å². The Morgan fingerprint density at radius 2 is 1.97 bits per heavy atom. The van der Waals surface area contributed by atoms with Crippen molar-refractivity contribution >= 4 is 46.3 Å². The van der Waals surface area contributed by atoms with E-state index in [1.165, 1.54) is 24.1 Å². The molecule has 0 aromatic heterocycles. The zero-order valence-electron chi connectivity index (χ0n) is 19.1. The van der Waals surface area contributed by atoms with E-state index in [-0.39, 0.29) is 17.6 Å². The van der Waals surface area contributed by atoms with Gasteiger partial charge in [0.25, 0.3) is 0 Å². The minimum Gasteiger partial charge on any atom is -0.385 e. The highest BCUT2D eigenvalue weighted by Crippen LogP contribution is 2.34. The van der Waals surface area contributed by atoms with E-state index < -0.39 is 0 Å². The largest absolute Gasteiger partial charge is 0.385 e. The first-order valence-corrected chi connectivity index (χ1v) is 12.1. The van der Waals surface area contributed by atoms with E-state index in [2.05, 4.69) is 14.9 Å². The number of nitrogens with zero attached hydrogens (tertiary/aromatic N) is 1. The molecule has 1 aliphatic rings. The maximum atomic E-state index is 13.1. The Bertz CT molecular complexity index is 1160. The van der Waals surface area contributed by atoms with Crippen LogP contribution in [0.1, 0.15) is 23.2 Å². The third-order valence-corrected chi connectivity index (χ3v) is 6.94. The molecule has 1 aliphatic heterocycles. The van der Waals surface area contributed by atoms with Crippen LogP contribution in [0.25, 0.3) is 10.8 Å². The summed E-state index contributed by atoms with van der Waals surface area (Å²) >= 11 is 1.54. The number of hydrogen-bond donors (Lipinski definition) is 2. The zero-order valence-corrected chi connectivity index (χ0v) is 19.9. The zero-order chi connectivity index (χ0) is 23.9. The number of rotatable bonds is 10. The summed E-state index contributed by atoms with van der Waals surface area (Å²) in [5.74, 6) is -0.450. The van der Waals surface area contributed by atoms with Crippen molar-refractivity contribution in [3.63, 3.8) is 0 Å². The van der Waals surface area contributed by atoms with Crippen molar-refractivity contribution in [2.75, 3.05) is 44.0 Å². The van der Waals surface area contributed by atoms with Crippen molar-refractivity contribution in [1.29, 1.82) is 0 Å². The number of anilines is 2. The number of aldehydes is 1. The third-order valence-electron chi connectivity index (χ3n) is 5.87. The fraction of sp³-hybridized carbons (Fsp3) is 0.308. The summed E-state index contributed by atoms with van der Waals surface area (Å²) in [7, 11) is 1.67. The van der Waals surface area contributed by atoms with Crippen LogP contribution < -0.4 is 10.6 Å². The van der Waals surface area contributed by atoms with Gasteiger partial charge in [-0.3, -0.25) is 9.59 Å². The van der Waals surface area contributed by atoms with Gasteiger partial charge in [0.05, 0.1) is 5.92 Å². The van der Waals surface area contributed by atoms with E-state index in [1.807, 2.05) is 24.3 Å². The van der Waals surface area contributed by atoms with Crippen LogP contribution in [-0.2, 0) is 9.53 Å². The fourth-order valence-electron chi connectivity index (χ4n) is 4.13.